The van der Waals surface area contributed by atoms with Gasteiger partial charge in [0.15, 0.2) is 0 Å². The average Bonchev–Trinajstić information content (AvgIpc) is 3.53. The van der Waals surface area contributed by atoms with E-state index in [1.54, 1.807) is 18.5 Å². The van der Waals surface area contributed by atoms with Crippen molar-refractivity contribution in [3.63, 3.8) is 0 Å². The van der Waals surface area contributed by atoms with Crippen LogP contribution in [0.4, 0.5) is 19.0 Å². The van der Waals surface area contributed by atoms with E-state index in [2.05, 4.69) is 19.9 Å². The molecule has 0 aromatic carbocycles. The van der Waals surface area contributed by atoms with Gasteiger partial charge in [-0.05, 0) is 31.4 Å². The van der Waals surface area contributed by atoms with E-state index in [9.17, 15) is 13.2 Å². The van der Waals surface area contributed by atoms with Gasteiger partial charge in [0.25, 0.3) is 0 Å². The van der Waals surface area contributed by atoms with Crippen LogP contribution in [0.2, 0.25) is 0 Å². The molecule has 0 amide bonds. The smallest absolute Gasteiger partial charge is 0.433 e. The summed E-state index contributed by atoms with van der Waals surface area (Å²) in [5.41, 5.74) is 0.189. The Balaban J connectivity index is 1.24. The summed E-state index contributed by atoms with van der Waals surface area (Å²) in [6, 6.07) is 4.32. The second-order valence-corrected chi connectivity index (χ2v) is 8.36. The third kappa shape index (κ3) is 4.21. The summed E-state index contributed by atoms with van der Waals surface area (Å²) < 4.78 is 45.2. The van der Waals surface area contributed by atoms with E-state index in [4.69, 9.17) is 4.74 Å². The summed E-state index contributed by atoms with van der Waals surface area (Å²) in [5, 5.41) is 0. The fraction of sp³-hybridized carbons (Fsp3) is 0.571. The van der Waals surface area contributed by atoms with Crippen LogP contribution in [0.15, 0.2) is 30.6 Å². The summed E-state index contributed by atoms with van der Waals surface area (Å²) in [5.74, 6) is 1.49. The minimum atomic E-state index is -4.43. The Kier molecular flexibility index (Phi) is 5.00. The van der Waals surface area contributed by atoms with Crippen molar-refractivity contribution in [2.24, 2.45) is 0 Å². The van der Waals surface area contributed by atoms with Crippen LogP contribution in [0.5, 0.6) is 5.88 Å². The predicted molar refractivity (Wildman–Crippen MR) is 104 cm³/mol. The molecule has 3 fully saturated rings. The molecule has 1 saturated carbocycles. The van der Waals surface area contributed by atoms with Crippen LogP contribution < -0.4 is 9.64 Å². The zero-order valence-electron chi connectivity index (χ0n) is 16.6. The topological polar surface area (TPSA) is 54.4 Å². The summed E-state index contributed by atoms with van der Waals surface area (Å²) in [6.07, 6.45) is 3.13. The van der Waals surface area contributed by atoms with Crippen LogP contribution in [-0.2, 0) is 6.18 Å². The van der Waals surface area contributed by atoms with Crippen LogP contribution in [0.1, 0.15) is 43.0 Å². The minimum absolute atomic E-state index is 0.00509. The van der Waals surface area contributed by atoms with E-state index in [1.165, 1.54) is 18.9 Å². The van der Waals surface area contributed by atoms with Crippen molar-refractivity contribution in [2.45, 2.75) is 49.9 Å². The molecule has 3 aliphatic rings. The number of alkyl halides is 3. The molecule has 1 aliphatic carbocycles. The van der Waals surface area contributed by atoms with Crippen LogP contribution in [-0.4, -0.2) is 58.2 Å². The highest BCUT2D eigenvalue weighted by molar-refractivity contribution is 5.40. The Labute approximate surface area is 173 Å². The number of fused-ring (bicyclic) bond motifs is 1. The van der Waals surface area contributed by atoms with Gasteiger partial charge in [0.2, 0.25) is 5.88 Å². The fourth-order valence-electron chi connectivity index (χ4n) is 4.41. The van der Waals surface area contributed by atoms with Crippen molar-refractivity contribution in [2.75, 3.05) is 31.1 Å². The number of hydrogen-bond donors (Lipinski definition) is 0. The first kappa shape index (κ1) is 19.5. The number of nitrogens with zero attached hydrogens (tertiary/aromatic N) is 5. The van der Waals surface area contributed by atoms with Gasteiger partial charge in [-0.3, -0.25) is 9.88 Å². The second-order valence-electron chi connectivity index (χ2n) is 8.36. The van der Waals surface area contributed by atoms with Crippen LogP contribution in [0.3, 0.4) is 0 Å². The molecule has 0 spiro atoms. The van der Waals surface area contributed by atoms with Crippen molar-refractivity contribution >= 4 is 5.82 Å². The lowest BCUT2D eigenvalue weighted by Crippen LogP contribution is -2.37. The molecule has 6 nitrogen and oxygen atoms in total. The molecule has 5 rings (SSSR count). The maximum absolute atomic E-state index is 13.0. The van der Waals surface area contributed by atoms with Crippen molar-refractivity contribution in [3.05, 3.63) is 42.0 Å². The van der Waals surface area contributed by atoms with E-state index in [-0.39, 0.29) is 12.1 Å². The Bertz CT molecular complexity index is 887. The number of pyridine rings is 1. The normalized spacial score (nSPS) is 25.1. The molecule has 9 heteroatoms. The molecule has 4 heterocycles. The van der Waals surface area contributed by atoms with Gasteiger partial charge in [0, 0.05) is 44.6 Å². The number of aromatic nitrogens is 3. The lowest BCUT2D eigenvalue weighted by atomic mass is 10.2. The van der Waals surface area contributed by atoms with Gasteiger partial charge >= 0.3 is 6.18 Å². The highest BCUT2D eigenvalue weighted by Gasteiger charge is 2.37. The van der Waals surface area contributed by atoms with Gasteiger partial charge in [0.05, 0.1) is 18.1 Å². The molecule has 0 radical (unpaired) electrons. The molecular formula is C21H24F3N5O. The molecule has 2 saturated heterocycles. The summed E-state index contributed by atoms with van der Waals surface area (Å²) >= 11 is 0. The lowest BCUT2D eigenvalue weighted by Gasteiger charge is -2.26. The SMILES string of the molecule is FC(F)(F)c1cccc(N2CCCN3C[C@@H](Oc4cnc(C5CC5)cn4)C[C@@H]3C2)n1. The number of halogens is 3. The fourth-order valence-corrected chi connectivity index (χ4v) is 4.41. The number of hydrogen-bond acceptors (Lipinski definition) is 6. The van der Waals surface area contributed by atoms with Gasteiger partial charge in [-0.1, -0.05) is 6.07 Å². The van der Waals surface area contributed by atoms with Gasteiger partial charge in [-0.2, -0.15) is 13.2 Å². The minimum Gasteiger partial charge on any atom is -0.472 e. The summed E-state index contributed by atoms with van der Waals surface area (Å²) in [4.78, 5) is 17.1. The zero-order chi connectivity index (χ0) is 20.7. The van der Waals surface area contributed by atoms with Gasteiger partial charge in [-0.25, -0.2) is 9.97 Å². The molecule has 30 heavy (non-hydrogen) atoms. The molecule has 0 N–H and O–H groups in total. The third-order valence-electron chi connectivity index (χ3n) is 6.07. The quantitative estimate of drug-likeness (QED) is 0.756. The average molecular weight is 419 g/mol. The van der Waals surface area contributed by atoms with Crippen molar-refractivity contribution in [1.82, 2.24) is 19.9 Å². The highest BCUT2D eigenvalue weighted by atomic mass is 19.4. The maximum atomic E-state index is 13.0. The van der Waals surface area contributed by atoms with Crippen LogP contribution in [0.25, 0.3) is 0 Å². The lowest BCUT2D eigenvalue weighted by molar-refractivity contribution is -0.141. The first-order chi connectivity index (χ1) is 14.5. The van der Waals surface area contributed by atoms with E-state index in [0.29, 0.717) is 30.7 Å². The number of anilines is 1. The Morgan fingerprint density at radius 2 is 1.90 bits per heavy atom. The molecule has 2 aromatic heterocycles. The van der Waals surface area contributed by atoms with E-state index in [0.717, 1.165) is 37.7 Å². The number of ether oxygens (including phenoxy) is 1. The van der Waals surface area contributed by atoms with Crippen molar-refractivity contribution < 1.29 is 17.9 Å². The predicted octanol–water partition coefficient (Wildman–Crippen LogP) is 3.50. The highest BCUT2D eigenvalue weighted by Crippen LogP contribution is 2.38. The third-order valence-corrected chi connectivity index (χ3v) is 6.07. The van der Waals surface area contributed by atoms with Crippen LogP contribution in [0, 0.1) is 0 Å². The Hall–Kier alpha value is -2.42. The van der Waals surface area contributed by atoms with E-state index < -0.39 is 11.9 Å². The van der Waals surface area contributed by atoms with Gasteiger partial charge < -0.3 is 9.64 Å². The van der Waals surface area contributed by atoms with Gasteiger partial charge in [-0.15, -0.1) is 0 Å². The largest absolute Gasteiger partial charge is 0.472 e. The van der Waals surface area contributed by atoms with Crippen molar-refractivity contribution in [1.29, 1.82) is 0 Å². The maximum Gasteiger partial charge on any atom is 0.433 e. The first-order valence-corrected chi connectivity index (χ1v) is 10.5. The standard InChI is InChI=1S/C21H24F3N5O/c22-21(23,24)18-3-1-4-19(27-18)29-8-2-7-28-13-16(9-15(28)12-29)30-20-11-25-17(10-26-20)14-5-6-14/h1,3-4,10-11,14-16H,2,5-9,12-13H2/t15-,16+/m1/s1. The Morgan fingerprint density at radius 3 is 2.63 bits per heavy atom. The molecule has 0 unspecified atom stereocenters. The summed E-state index contributed by atoms with van der Waals surface area (Å²) in [6.45, 7) is 3.02. The number of rotatable bonds is 4. The summed E-state index contributed by atoms with van der Waals surface area (Å²) in [7, 11) is 0. The molecular weight excluding hydrogens is 395 g/mol. The molecule has 160 valence electrons. The van der Waals surface area contributed by atoms with E-state index in [1.807, 2.05) is 4.90 Å². The molecule has 0 bridgehead atoms. The van der Waals surface area contributed by atoms with Crippen molar-refractivity contribution in [3.8, 4) is 5.88 Å². The zero-order valence-corrected chi connectivity index (χ0v) is 16.6. The Morgan fingerprint density at radius 1 is 1.03 bits per heavy atom. The molecule has 2 aliphatic heterocycles. The first-order valence-electron chi connectivity index (χ1n) is 10.5. The van der Waals surface area contributed by atoms with Crippen LogP contribution >= 0.6 is 0 Å². The van der Waals surface area contributed by atoms with Gasteiger partial charge in [0.1, 0.15) is 17.6 Å². The molecule has 2 aromatic rings. The van der Waals surface area contributed by atoms with E-state index >= 15 is 0 Å². The molecule has 2 atom stereocenters. The monoisotopic (exact) mass is 419 g/mol. The second kappa shape index (κ2) is 7.68.